The highest BCUT2D eigenvalue weighted by Gasteiger charge is 2.23. The third kappa shape index (κ3) is 3.02. The Morgan fingerprint density at radius 3 is 2.70 bits per heavy atom. The number of hydrogen-bond donors (Lipinski definition) is 1. The quantitative estimate of drug-likeness (QED) is 0.918. The number of fused-ring (bicyclic) bond motifs is 1. The molecule has 0 bridgehead atoms. The standard InChI is InChI=1S/C18H22O2/c19-17-10-3-4-11-18(17)20-13-12-15-8-5-7-14-6-1-2-9-16(14)15/h1-2,5-9,17-19H,3-4,10-13H2/t17-,18-/m1/s1. The van der Waals surface area contributed by atoms with Crippen molar-refractivity contribution in [3.8, 4) is 0 Å². The minimum atomic E-state index is -0.267. The van der Waals surface area contributed by atoms with Crippen LogP contribution in [0.4, 0.5) is 0 Å². The van der Waals surface area contributed by atoms with Gasteiger partial charge in [0.05, 0.1) is 18.8 Å². The predicted molar refractivity (Wildman–Crippen MR) is 81.9 cm³/mol. The van der Waals surface area contributed by atoms with E-state index >= 15 is 0 Å². The molecule has 2 heteroatoms. The summed E-state index contributed by atoms with van der Waals surface area (Å²) in [5, 5.41) is 12.5. The Bertz CT molecular complexity index is 559. The summed E-state index contributed by atoms with van der Waals surface area (Å²) >= 11 is 0. The van der Waals surface area contributed by atoms with Crippen LogP contribution < -0.4 is 0 Å². The fraction of sp³-hybridized carbons (Fsp3) is 0.444. The lowest BCUT2D eigenvalue weighted by Gasteiger charge is -2.27. The molecule has 0 radical (unpaired) electrons. The molecular weight excluding hydrogens is 248 g/mol. The number of aliphatic hydroxyl groups excluding tert-OH is 1. The molecule has 0 unspecified atom stereocenters. The largest absolute Gasteiger partial charge is 0.390 e. The number of hydrogen-bond acceptors (Lipinski definition) is 2. The van der Waals surface area contributed by atoms with Crippen molar-refractivity contribution in [3.63, 3.8) is 0 Å². The Morgan fingerprint density at radius 2 is 1.80 bits per heavy atom. The van der Waals surface area contributed by atoms with Crippen LogP contribution in [-0.2, 0) is 11.2 Å². The predicted octanol–water partition coefficient (Wildman–Crippen LogP) is 3.70. The van der Waals surface area contributed by atoms with Crippen molar-refractivity contribution in [2.75, 3.05) is 6.61 Å². The molecule has 1 saturated carbocycles. The van der Waals surface area contributed by atoms with Gasteiger partial charge in [-0.25, -0.2) is 0 Å². The first-order valence-corrected chi connectivity index (χ1v) is 7.61. The van der Waals surface area contributed by atoms with Crippen LogP contribution in [0.2, 0.25) is 0 Å². The summed E-state index contributed by atoms with van der Waals surface area (Å²) in [6.45, 7) is 0.690. The Hall–Kier alpha value is -1.38. The summed E-state index contributed by atoms with van der Waals surface area (Å²) in [5.41, 5.74) is 1.33. The Kier molecular flexibility index (Phi) is 4.34. The summed E-state index contributed by atoms with van der Waals surface area (Å²) in [4.78, 5) is 0. The van der Waals surface area contributed by atoms with Gasteiger partial charge in [0.25, 0.3) is 0 Å². The van der Waals surface area contributed by atoms with Crippen LogP contribution in [0.5, 0.6) is 0 Å². The van der Waals surface area contributed by atoms with E-state index in [4.69, 9.17) is 4.74 Å². The first-order valence-electron chi connectivity index (χ1n) is 7.61. The minimum Gasteiger partial charge on any atom is -0.390 e. The van der Waals surface area contributed by atoms with Crippen LogP contribution in [0.15, 0.2) is 42.5 Å². The van der Waals surface area contributed by atoms with Crippen LogP contribution in [-0.4, -0.2) is 23.9 Å². The molecule has 2 aromatic rings. The van der Waals surface area contributed by atoms with E-state index in [1.807, 2.05) is 0 Å². The summed E-state index contributed by atoms with van der Waals surface area (Å²) in [6.07, 6.45) is 4.87. The molecule has 0 spiro atoms. The lowest BCUT2D eigenvalue weighted by Crippen LogP contribution is -2.32. The molecule has 2 nitrogen and oxygen atoms in total. The molecule has 1 aliphatic rings. The first kappa shape index (κ1) is 13.6. The van der Waals surface area contributed by atoms with Gasteiger partial charge in [0.2, 0.25) is 0 Å². The highest BCUT2D eigenvalue weighted by atomic mass is 16.5. The lowest BCUT2D eigenvalue weighted by atomic mass is 9.95. The molecule has 0 saturated heterocycles. The van der Waals surface area contributed by atoms with Crippen molar-refractivity contribution < 1.29 is 9.84 Å². The van der Waals surface area contributed by atoms with E-state index in [9.17, 15) is 5.11 Å². The monoisotopic (exact) mass is 270 g/mol. The molecule has 1 aliphatic carbocycles. The molecule has 3 rings (SSSR count). The zero-order valence-electron chi connectivity index (χ0n) is 11.8. The summed E-state index contributed by atoms with van der Waals surface area (Å²) in [7, 11) is 0. The van der Waals surface area contributed by atoms with Gasteiger partial charge in [-0.2, -0.15) is 0 Å². The Balaban J connectivity index is 1.62. The van der Waals surface area contributed by atoms with Crippen molar-refractivity contribution >= 4 is 10.8 Å². The normalized spacial score (nSPS) is 23.1. The van der Waals surface area contributed by atoms with Gasteiger partial charge < -0.3 is 9.84 Å². The van der Waals surface area contributed by atoms with E-state index in [0.29, 0.717) is 6.61 Å². The number of aliphatic hydroxyl groups is 1. The molecule has 20 heavy (non-hydrogen) atoms. The molecule has 0 aromatic heterocycles. The van der Waals surface area contributed by atoms with E-state index in [2.05, 4.69) is 42.5 Å². The Labute approximate surface area is 120 Å². The van der Waals surface area contributed by atoms with Gasteiger partial charge in [-0.05, 0) is 35.6 Å². The van der Waals surface area contributed by atoms with Crippen molar-refractivity contribution in [2.24, 2.45) is 0 Å². The van der Waals surface area contributed by atoms with E-state index in [1.165, 1.54) is 22.8 Å². The molecule has 106 valence electrons. The molecule has 0 amide bonds. The fourth-order valence-corrected chi connectivity index (χ4v) is 3.10. The molecule has 0 aliphatic heterocycles. The van der Waals surface area contributed by atoms with E-state index in [1.54, 1.807) is 0 Å². The third-order valence-corrected chi connectivity index (χ3v) is 4.25. The molecule has 2 atom stereocenters. The molecule has 0 heterocycles. The molecule has 1 fully saturated rings. The number of rotatable bonds is 4. The van der Waals surface area contributed by atoms with E-state index in [-0.39, 0.29) is 12.2 Å². The van der Waals surface area contributed by atoms with Crippen LogP contribution >= 0.6 is 0 Å². The zero-order valence-corrected chi connectivity index (χ0v) is 11.8. The van der Waals surface area contributed by atoms with Gasteiger partial charge in [-0.1, -0.05) is 55.3 Å². The average molecular weight is 270 g/mol. The highest BCUT2D eigenvalue weighted by molar-refractivity contribution is 5.85. The van der Waals surface area contributed by atoms with Crippen LogP contribution in [0, 0.1) is 0 Å². The maximum atomic E-state index is 9.91. The van der Waals surface area contributed by atoms with Crippen molar-refractivity contribution in [3.05, 3.63) is 48.0 Å². The van der Waals surface area contributed by atoms with E-state index in [0.717, 1.165) is 25.7 Å². The molecule has 2 aromatic carbocycles. The lowest BCUT2D eigenvalue weighted by molar-refractivity contribution is -0.0575. The maximum absolute atomic E-state index is 9.91. The van der Waals surface area contributed by atoms with Gasteiger partial charge in [0, 0.05) is 0 Å². The minimum absolute atomic E-state index is 0.0405. The van der Waals surface area contributed by atoms with Crippen molar-refractivity contribution in [2.45, 2.75) is 44.3 Å². The first-order chi connectivity index (χ1) is 9.84. The van der Waals surface area contributed by atoms with Gasteiger partial charge in [0.1, 0.15) is 0 Å². The fourth-order valence-electron chi connectivity index (χ4n) is 3.10. The SMILES string of the molecule is O[C@@H]1CCCC[C@H]1OCCc1cccc2ccccc12. The topological polar surface area (TPSA) is 29.5 Å². The Morgan fingerprint density at radius 1 is 1.00 bits per heavy atom. The van der Waals surface area contributed by atoms with E-state index < -0.39 is 0 Å². The second-order valence-electron chi connectivity index (χ2n) is 5.65. The zero-order chi connectivity index (χ0) is 13.8. The van der Waals surface area contributed by atoms with Crippen molar-refractivity contribution in [1.82, 2.24) is 0 Å². The van der Waals surface area contributed by atoms with Gasteiger partial charge >= 0.3 is 0 Å². The summed E-state index contributed by atoms with van der Waals surface area (Å²) < 4.78 is 5.90. The highest BCUT2D eigenvalue weighted by Crippen LogP contribution is 2.22. The van der Waals surface area contributed by atoms with Crippen LogP contribution in [0.25, 0.3) is 10.8 Å². The van der Waals surface area contributed by atoms with Crippen molar-refractivity contribution in [1.29, 1.82) is 0 Å². The van der Waals surface area contributed by atoms with Gasteiger partial charge in [-0.15, -0.1) is 0 Å². The summed E-state index contributed by atoms with van der Waals surface area (Å²) in [5.74, 6) is 0. The molecular formula is C18H22O2. The maximum Gasteiger partial charge on any atom is 0.0834 e. The third-order valence-electron chi connectivity index (χ3n) is 4.25. The molecule has 1 N–H and O–H groups in total. The smallest absolute Gasteiger partial charge is 0.0834 e. The number of ether oxygens (including phenoxy) is 1. The van der Waals surface area contributed by atoms with Crippen LogP contribution in [0.3, 0.4) is 0 Å². The van der Waals surface area contributed by atoms with Crippen LogP contribution in [0.1, 0.15) is 31.2 Å². The number of benzene rings is 2. The average Bonchev–Trinajstić information content (AvgIpc) is 2.49. The second-order valence-corrected chi connectivity index (χ2v) is 5.65. The van der Waals surface area contributed by atoms with Gasteiger partial charge in [-0.3, -0.25) is 0 Å². The second kappa shape index (κ2) is 6.38. The van der Waals surface area contributed by atoms with Gasteiger partial charge in [0.15, 0.2) is 0 Å². The summed E-state index contributed by atoms with van der Waals surface area (Å²) in [6, 6.07) is 14.9.